The number of hydrogen-bond donors (Lipinski definition) is 0. The van der Waals surface area contributed by atoms with Crippen LogP contribution in [0.3, 0.4) is 0 Å². The monoisotopic (exact) mass is 159 g/mol. The molecule has 0 amide bonds. The lowest BCUT2D eigenvalue weighted by Gasteiger charge is -2.06. The van der Waals surface area contributed by atoms with Gasteiger partial charge in [0.15, 0.2) is 0 Å². The van der Waals surface area contributed by atoms with Crippen LogP contribution >= 0.6 is 0 Å². The molecule has 0 heterocycles. The second-order valence-electron chi connectivity index (χ2n) is 3.75. The van der Waals surface area contributed by atoms with Crippen molar-refractivity contribution in [1.29, 1.82) is 0 Å². The van der Waals surface area contributed by atoms with Crippen LogP contribution in [0.2, 0.25) is 0 Å². The van der Waals surface area contributed by atoms with Gasteiger partial charge in [-0.05, 0) is 30.3 Å². The zero-order valence-electron chi connectivity index (χ0n) is 7.59. The molecule has 0 aromatic rings. The molecule has 63 valence electrons. The Morgan fingerprint density at radius 1 is 1.67 bits per heavy atom. The minimum Gasteiger partial charge on any atom is -0.0992 e. The molecule has 0 heteroatoms. The van der Waals surface area contributed by atoms with Gasteiger partial charge in [-0.3, -0.25) is 0 Å². The normalized spacial score (nSPS) is 30.9. The Hall–Kier alpha value is -0.780. The average Bonchev–Trinajstić information content (AvgIpc) is 2.82. The predicted octanol–water partition coefficient (Wildman–Crippen LogP) is 3.29. The maximum atomic E-state index is 3.98. The summed E-state index contributed by atoms with van der Waals surface area (Å²) in [7, 11) is 0. The minimum absolute atomic E-state index is 0.853. The van der Waals surface area contributed by atoms with Crippen LogP contribution in [-0.4, -0.2) is 0 Å². The molecule has 2 unspecified atom stereocenters. The van der Waals surface area contributed by atoms with Gasteiger partial charge in [0.1, 0.15) is 0 Å². The van der Waals surface area contributed by atoms with Gasteiger partial charge in [-0.15, -0.1) is 0 Å². The molecule has 2 rings (SSSR count). The largest absolute Gasteiger partial charge is 0.0992 e. The first-order valence-electron chi connectivity index (χ1n) is 4.72. The van der Waals surface area contributed by atoms with Crippen LogP contribution in [-0.2, 0) is 0 Å². The molecule has 1 fully saturated rings. The van der Waals surface area contributed by atoms with E-state index < -0.39 is 0 Å². The summed E-state index contributed by atoms with van der Waals surface area (Å²) in [4.78, 5) is 0. The second kappa shape index (κ2) is 2.93. The van der Waals surface area contributed by atoms with Gasteiger partial charge in [0.2, 0.25) is 0 Å². The average molecular weight is 159 g/mol. The summed E-state index contributed by atoms with van der Waals surface area (Å²) in [5, 5.41) is 0. The number of rotatable bonds is 3. The molecule has 12 heavy (non-hydrogen) atoms. The van der Waals surface area contributed by atoms with Gasteiger partial charge >= 0.3 is 0 Å². The molecule has 0 bridgehead atoms. The molecule has 0 saturated heterocycles. The van der Waals surface area contributed by atoms with Gasteiger partial charge < -0.3 is 0 Å². The third kappa shape index (κ3) is 1.52. The summed E-state index contributed by atoms with van der Waals surface area (Å²) < 4.78 is 0. The predicted molar refractivity (Wildman–Crippen MR) is 52.6 cm³/mol. The van der Waals surface area contributed by atoms with Crippen LogP contribution < -0.4 is 0 Å². The molecular formula is C12H15. The molecule has 2 atom stereocenters. The summed E-state index contributed by atoms with van der Waals surface area (Å²) in [5.74, 6) is 1.72. The Labute approximate surface area is 74.7 Å². The van der Waals surface area contributed by atoms with Crippen molar-refractivity contribution >= 4 is 0 Å². The van der Waals surface area contributed by atoms with Crippen LogP contribution in [0.1, 0.15) is 19.8 Å². The van der Waals surface area contributed by atoms with Crippen LogP contribution in [0.4, 0.5) is 0 Å². The molecule has 0 aromatic carbocycles. The smallest absolute Gasteiger partial charge is 0.0148 e. The highest BCUT2D eigenvalue weighted by molar-refractivity contribution is 5.41. The summed E-state index contributed by atoms with van der Waals surface area (Å²) in [5.41, 5.74) is 2.59. The Kier molecular flexibility index (Phi) is 1.92. The highest BCUT2D eigenvalue weighted by Crippen LogP contribution is 2.44. The Morgan fingerprint density at radius 3 is 3.17 bits per heavy atom. The molecule has 2 aliphatic rings. The molecule has 0 N–H and O–H groups in total. The molecule has 0 aliphatic heterocycles. The van der Waals surface area contributed by atoms with E-state index in [1.54, 1.807) is 0 Å². The summed E-state index contributed by atoms with van der Waals surface area (Å²) in [6.45, 7) is 6.12. The SMILES string of the molecule is C=C([CH]C1=CC2CC2C=C1)CC. The van der Waals surface area contributed by atoms with Crippen molar-refractivity contribution in [3.05, 3.63) is 42.4 Å². The number of allylic oxidation sites excluding steroid dienone is 5. The van der Waals surface area contributed by atoms with E-state index >= 15 is 0 Å². The molecule has 2 aliphatic carbocycles. The number of hydrogen-bond acceptors (Lipinski definition) is 0. The molecule has 0 nitrogen and oxygen atoms in total. The van der Waals surface area contributed by atoms with Crippen LogP contribution in [0, 0.1) is 18.3 Å². The van der Waals surface area contributed by atoms with E-state index in [-0.39, 0.29) is 0 Å². The fourth-order valence-corrected chi connectivity index (χ4v) is 1.62. The third-order valence-corrected chi connectivity index (χ3v) is 2.66. The standard InChI is InChI=1S/C12H15/c1-3-9(2)6-10-4-5-11-8-12(11)7-10/h4-7,11-12H,2-3,8H2,1H3. The van der Waals surface area contributed by atoms with Crippen LogP contribution in [0.5, 0.6) is 0 Å². The van der Waals surface area contributed by atoms with E-state index in [0.717, 1.165) is 18.3 Å². The molecular weight excluding hydrogens is 144 g/mol. The minimum atomic E-state index is 0.853. The molecule has 0 spiro atoms. The zero-order valence-corrected chi connectivity index (χ0v) is 7.59. The maximum Gasteiger partial charge on any atom is 0.0148 e. The van der Waals surface area contributed by atoms with Crippen LogP contribution in [0.15, 0.2) is 36.0 Å². The van der Waals surface area contributed by atoms with Gasteiger partial charge in [-0.1, -0.05) is 37.3 Å². The summed E-state index contributed by atoms with van der Waals surface area (Å²) in [6.07, 6.45) is 11.6. The first-order chi connectivity index (χ1) is 5.79. The van der Waals surface area contributed by atoms with Gasteiger partial charge in [-0.2, -0.15) is 0 Å². The fraction of sp³-hybridized carbons (Fsp3) is 0.417. The summed E-state index contributed by atoms with van der Waals surface area (Å²) in [6, 6.07) is 0. The van der Waals surface area contributed by atoms with Crippen molar-refractivity contribution in [2.24, 2.45) is 11.8 Å². The lowest BCUT2D eigenvalue weighted by Crippen LogP contribution is -1.90. The van der Waals surface area contributed by atoms with Gasteiger partial charge in [-0.25, -0.2) is 0 Å². The lowest BCUT2D eigenvalue weighted by atomic mass is 9.99. The van der Waals surface area contributed by atoms with E-state index in [0.29, 0.717) is 0 Å². The van der Waals surface area contributed by atoms with E-state index in [1.807, 2.05) is 0 Å². The Morgan fingerprint density at radius 2 is 2.50 bits per heavy atom. The highest BCUT2D eigenvalue weighted by atomic mass is 14.4. The lowest BCUT2D eigenvalue weighted by molar-refractivity contribution is 0.963. The molecule has 1 saturated carbocycles. The van der Waals surface area contributed by atoms with E-state index in [9.17, 15) is 0 Å². The Balaban J connectivity index is 1.96. The fourth-order valence-electron chi connectivity index (χ4n) is 1.62. The van der Waals surface area contributed by atoms with Crippen molar-refractivity contribution in [3.8, 4) is 0 Å². The van der Waals surface area contributed by atoms with Crippen molar-refractivity contribution in [2.45, 2.75) is 19.8 Å². The highest BCUT2D eigenvalue weighted by Gasteiger charge is 2.34. The quantitative estimate of drug-likeness (QED) is 0.592. The van der Waals surface area contributed by atoms with Crippen molar-refractivity contribution in [1.82, 2.24) is 0 Å². The van der Waals surface area contributed by atoms with Crippen molar-refractivity contribution in [3.63, 3.8) is 0 Å². The third-order valence-electron chi connectivity index (χ3n) is 2.66. The van der Waals surface area contributed by atoms with Crippen molar-refractivity contribution < 1.29 is 0 Å². The van der Waals surface area contributed by atoms with Gasteiger partial charge in [0.05, 0.1) is 0 Å². The summed E-state index contributed by atoms with van der Waals surface area (Å²) >= 11 is 0. The van der Waals surface area contributed by atoms with Gasteiger partial charge in [0.25, 0.3) is 0 Å². The topological polar surface area (TPSA) is 0 Å². The Bertz CT molecular complexity index is 255. The molecule has 1 radical (unpaired) electrons. The van der Waals surface area contributed by atoms with E-state index in [2.05, 4.69) is 38.2 Å². The zero-order chi connectivity index (χ0) is 8.55. The van der Waals surface area contributed by atoms with Crippen molar-refractivity contribution in [2.75, 3.05) is 0 Å². The first kappa shape index (κ1) is 7.85. The van der Waals surface area contributed by atoms with Gasteiger partial charge in [0, 0.05) is 6.42 Å². The van der Waals surface area contributed by atoms with E-state index in [1.165, 1.54) is 17.6 Å². The maximum absolute atomic E-state index is 3.98. The molecule has 0 aromatic heterocycles. The van der Waals surface area contributed by atoms with Crippen LogP contribution in [0.25, 0.3) is 0 Å². The number of fused-ring (bicyclic) bond motifs is 1. The second-order valence-corrected chi connectivity index (χ2v) is 3.75. The first-order valence-corrected chi connectivity index (χ1v) is 4.72. The van der Waals surface area contributed by atoms with E-state index in [4.69, 9.17) is 0 Å².